The molecular weight excluding hydrogens is 697 g/mol. The van der Waals surface area contributed by atoms with Crippen LogP contribution in [-0.4, -0.2) is 15.0 Å². The fourth-order valence-electron chi connectivity index (χ4n) is 7.58. The quantitative estimate of drug-likeness (QED) is 0.153. The van der Waals surface area contributed by atoms with Crippen molar-refractivity contribution in [1.82, 2.24) is 15.0 Å². The molecule has 266 valence electrons. The van der Waals surface area contributed by atoms with Gasteiger partial charge in [-0.25, -0.2) is 19.8 Å². The number of para-hydroxylation sites is 1. The first-order valence-electron chi connectivity index (χ1n) is 18.8. The number of fused-ring (bicyclic) bond motifs is 3. The molecule has 0 amide bonds. The number of nitrogens with zero attached hydrogens (tertiary/aromatic N) is 4. The van der Waals surface area contributed by atoms with Crippen molar-refractivity contribution < 1.29 is 4.42 Å². The van der Waals surface area contributed by atoms with Gasteiger partial charge in [-0.15, -0.1) is 0 Å². The molecule has 0 bridgehead atoms. The van der Waals surface area contributed by atoms with Gasteiger partial charge in [0.2, 0.25) is 0 Å². The lowest BCUT2D eigenvalue weighted by Gasteiger charge is -2.11. The Balaban J connectivity index is 1.11. The molecule has 0 aliphatic rings. The van der Waals surface area contributed by atoms with Crippen molar-refractivity contribution in [1.29, 1.82) is 0 Å². The van der Waals surface area contributed by atoms with Gasteiger partial charge in [0.1, 0.15) is 11.2 Å². The highest BCUT2D eigenvalue weighted by molar-refractivity contribution is 6.13. The third-order valence-electron chi connectivity index (χ3n) is 10.4. The van der Waals surface area contributed by atoms with Crippen LogP contribution in [0, 0.1) is 6.57 Å². The summed E-state index contributed by atoms with van der Waals surface area (Å²) in [7, 11) is 0. The Labute approximate surface area is 330 Å². The number of aromatic nitrogens is 3. The van der Waals surface area contributed by atoms with Crippen LogP contribution in [-0.2, 0) is 0 Å². The van der Waals surface area contributed by atoms with Crippen molar-refractivity contribution in [2.75, 3.05) is 0 Å². The normalized spacial score (nSPS) is 11.1. The van der Waals surface area contributed by atoms with Crippen molar-refractivity contribution in [3.05, 3.63) is 206 Å². The highest BCUT2D eigenvalue weighted by Crippen LogP contribution is 2.40. The number of benzene rings is 8. The Morgan fingerprint density at radius 1 is 0.351 bits per heavy atom. The van der Waals surface area contributed by atoms with E-state index in [0.717, 1.165) is 77.6 Å². The van der Waals surface area contributed by atoms with Crippen LogP contribution >= 0.6 is 0 Å². The van der Waals surface area contributed by atoms with Crippen LogP contribution in [0.3, 0.4) is 0 Å². The molecule has 10 aromatic rings. The summed E-state index contributed by atoms with van der Waals surface area (Å²) in [5.74, 6) is 1.63. The molecule has 0 unspecified atom stereocenters. The van der Waals surface area contributed by atoms with E-state index >= 15 is 0 Å². The van der Waals surface area contributed by atoms with Gasteiger partial charge in [0.05, 0.1) is 6.57 Å². The van der Waals surface area contributed by atoms with Crippen molar-refractivity contribution in [3.63, 3.8) is 0 Å². The maximum Gasteiger partial charge on any atom is 0.194 e. The van der Waals surface area contributed by atoms with Gasteiger partial charge in [-0.2, -0.15) is 0 Å². The van der Waals surface area contributed by atoms with E-state index in [0.29, 0.717) is 23.2 Å². The number of rotatable bonds is 7. The van der Waals surface area contributed by atoms with Crippen LogP contribution in [0.15, 0.2) is 199 Å². The van der Waals surface area contributed by atoms with Gasteiger partial charge < -0.3 is 4.42 Å². The number of furan rings is 1. The highest BCUT2D eigenvalue weighted by atomic mass is 16.3. The topological polar surface area (TPSA) is 56.2 Å². The van der Waals surface area contributed by atoms with E-state index in [1.165, 1.54) is 5.56 Å². The molecule has 5 heteroatoms. The van der Waals surface area contributed by atoms with Crippen LogP contribution in [0.4, 0.5) is 5.69 Å². The summed E-state index contributed by atoms with van der Waals surface area (Å²) in [4.78, 5) is 19.0. The minimum absolute atomic E-state index is 0.533. The van der Waals surface area contributed by atoms with Crippen molar-refractivity contribution >= 4 is 27.6 Å². The third kappa shape index (κ3) is 6.42. The molecule has 10 rings (SSSR count). The smallest absolute Gasteiger partial charge is 0.194 e. The monoisotopic (exact) mass is 728 g/mol. The van der Waals surface area contributed by atoms with Crippen molar-refractivity contribution in [2.24, 2.45) is 0 Å². The van der Waals surface area contributed by atoms with Crippen molar-refractivity contribution in [3.8, 4) is 78.7 Å². The first-order valence-corrected chi connectivity index (χ1v) is 18.8. The van der Waals surface area contributed by atoms with E-state index in [1.54, 1.807) is 0 Å². The summed E-state index contributed by atoms with van der Waals surface area (Å²) in [5, 5.41) is 2.08. The Hall–Kier alpha value is -7.94. The van der Waals surface area contributed by atoms with E-state index in [9.17, 15) is 0 Å². The Morgan fingerprint density at radius 3 is 1.44 bits per heavy atom. The van der Waals surface area contributed by atoms with E-state index in [-0.39, 0.29) is 0 Å². The Morgan fingerprint density at radius 2 is 0.807 bits per heavy atom. The molecule has 0 saturated heterocycles. The standard InChI is InChI=1S/C52H32N4O/c1-53-46-26-9-8-24-43(46)38-20-12-23-41(32-38)51-54-50(40-22-11-19-37(31-40)35-16-6-3-7-17-35)55-52(56-51)42-28-29-45-48(33-42)57-47-27-13-25-44(49(45)47)39-21-10-18-36(30-39)34-14-4-2-5-15-34/h2-33H. The van der Waals surface area contributed by atoms with Crippen LogP contribution < -0.4 is 0 Å². The zero-order chi connectivity index (χ0) is 38.1. The highest BCUT2D eigenvalue weighted by Gasteiger charge is 2.18. The van der Waals surface area contributed by atoms with Gasteiger partial charge in [0.25, 0.3) is 0 Å². The lowest BCUT2D eigenvalue weighted by Crippen LogP contribution is -2.00. The lowest BCUT2D eigenvalue weighted by molar-refractivity contribution is 0.669. The summed E-state index contributed by atoms with van der Waals surface area (Å²) in [5.41, 5.74) is 13.2. The van der Waals surface area contributed by atoms with Crippen LogP contribution in [0.2, 0.25) is 0 Å². The molecule has 2 aromatic heterocycles. The zero-order valence-corrected chi connectivity index (χ0v) is 30.7. The predicted molar refractivity (Wildman–Crippen MR) is 231 cm³/mol. The second-order valence-corrected chi connectivity index (χ2v) is 13.9. The molecule has 0 aliphatic carbocycles. The molecule has 0 spiro atoms. The second kappa shape index (κ2) is 14.4. The summed E-state index contributed by atoms with van der Waals surface area (Å²) < 4.78 is 6.58. The summed E-state index contributed by atoms with van der Waals surface area (Å²) in [6.07, 6.45) is 0. The fourth-order valence-corrected chi connectivity index (χ4v) is 7.58. The van der Waals surface area contributed by atoms with Crippen LogP contribution in [0.1, 0.15) is 0 Å². The maximum atomic E-state index is 7.75. The van der Waals surface area contributed by atoms with E-state index in [2.05, 4.69) is 102 Å². The Kier molecular flexibility index (Phi) is 8.48. The molecule has 0 radical (unpaired) electrons. The van der Waals surface area contributed by atoms with Gasteiger partial charge >= 0.3 is 0 Å². The average Bonchev–Trinajstić information content (AvgIpc) is 3.68. The minimum Gasteiger partial charge on any atom is -0.456 e. The van der Waals surface area contributed by atoms with E-state index in [1.807, 2.05) is 97.1 Å². The number of hydrogen-bond acceptors (Lipinski definition) is 4. The van der Waals surface area contributed by atoms with Crippen molar-refractivity contribution in [2.45, 2.75) is 0 Å². The molecule has 0 N–H and O–H groups in total. The molecule has 8 aromatic carbocycles. The fraction of sp³-hybridized carbons (Fsp3) is 0. The van der Waals surface area contributed by atoms with Gasteiger partial charge in [-0.1, -0.05) is 158 Å². The van der Waals surface area contributed by atoms with E-state index in [4.69, 9.17) is 25.9 Å². The predicted octanol–water partition coefficient (Wildman–Crippen LogP) is 14.0. The molecule has 0 saturated carbocycles. The average molecular weight is 729 g/mol. The first kappa shape index (κ1) is 33.6. The summed E-state index contributed by atoms with van der Waals surface area (Å²) in [6, 6.07) is 65.9. The molecule has 0 aliphatic heterocycles. The molecule has 0 atom stereocenters. The van der Waals surface area contributed by atoms with Crippen LogP contribution in [0.5, 0.6) is 0 Å². The van der Waals surface area contributed by atoms with Gasteiger partial charge in [-0.3, -0.25) is 0 Å². The largest absolute Gasteiger partial charge is 0.456 e. The minimum atomic E-state index is 0.533. The van der Waals surface area contributed by atoms with Crippen LogP contribution in [0.25, 0.3) is 105 Å². The van der Waals surface area contributed by atoms with Gasteiger partial charge in [-0.05, 0) is 80.9 Å². The SMILES string of the molecule is [C-]#[N+]c1ccccc1-c1cccc(-c2nc(-c3cccc(-c4ccccc4)c3)nc(-c3ccc4c(c3)oc3cccc(-c5cccc(-c6ccccc6)c5)c34)n2)c1. The molecule has 0 fully saturated rings. The second-order valence-electron chi connectivity index (χ2n) is 13.9. The summed E-state index contributed by atoms with van der Waals surface area (Å²) in [6.45, 7) is 7.75. The molecule has 2 heterocycles. The first-order chi connectivity index (χ1) is 28.2. The molecular formula is C52H32N4O. The third-order valence-corrected chi connectivity index (χ3v) is 10.4. The Bertz CT molecular complexity index is 3140. The zero-order valence-electron chi connectivity index (χ0n) is 30.7. The lowest BCUT2D eigenvalue weighted by atomic mass is 9.96. The maximum absolute atomic E-state index is 7.75. The number of hydrogen-bond donors (Lipinski definition) is 0. The van der Waals surface area contributed by atoms with Gasteiger partial charge in [0, 0.05) is 27.5 Å². The molecule has 5 nitrogen and oxygen atoms in total. The molecule has 57 heavy (non-hydrogen) atoms. The summed E-state index contributed by atoms with van der Waals surface area (Å²) >= 11 is 0. The van der Waals surface area contributed by atoms with Gasteiger partial charge in [0.15, 0.2) is 23.2 Å². The van der Waals surface area contributed by atoms with E-state index < -0.39 is 0 Å².